The van der Waals surface area contributed by atoms with Gasteiger partial charge in [0.05, 0.1) is 0 Å². The highest BCUT2D eigenvalue weighted by molar-refractivity contribution is 5.98. The van der Waals surface area contributed by atoms with Gasteiger partial charge in [-0.1, -0.05) is 84.0 Å². The van der Waals surface area contributed by atoms with Crippen LogP contribution in [0.1, 0.15) is 124 Å². The Hall–Kier alpha value is -1.31. The quantitative estimate of drug-likeness (QED) is 0.249. The molecule has 0 aliphatic heterocycles. The second-order valence-electron chi connectivity index (χ2n) is 8.26. The zero-order valence-electron chi connectivity index (χ0n) is 18.3. The van der Waals surface area contributed by atoms with Crippen LogP contribution in [0.3, 0.4) is 0 Å². The van der Waals surface area contributed by atoms with E-state index in [1.54, 1.807) is 0 Å². The SMILES string of the molecule is CCCCCCCCCCCCCCCC(=O)c1cc(C)c(O)c(C)c1C. The highest BCUT2D eigenvalue weighted by Crippen LogP contribution is 2.28. The van der Waals surface area contributed by atoms with Crippen molar-refractivity contribution in [2.45, 2.75) is 118 Å². The third kappa shape index (κ3) is 8.95. The zero-order valence-corrected chi connectivity index (χ0v) is 18.3. The van der Waals surface area contributed by atoms with E-state index in [9.17, 15) is 9.90 Å². The summed E-state index contributed by atoms with van der Waals surface area (Å²) in [6.45, 7) is 7.96. The summed E-state index contributed by atoms with van der Waals surface area (Å²) in [5.41, 5.74) is 3.36. The minimum absolute atomic E-state index is 0.224. The lowest BCUT2D eigenvalue weighted by atomic mass is 9.94. The molecule has 0 heterocycles. The van der Waals surface area contributed by atoms with Crippen LogP contribution in [0.25, 0.3) is 0 Å². The van der Waals surface area contributed by atoms with Crippen LogP contribution in [0.4, 0.5) is 0 Å². The van der Waals surface area contributed by atoms with E-state index in [4.69, 9.17) is 0 Å². The number of carbonyl (C=O) groups excluding carboxylic acids is 1. The van der Waals surface area contributed by atoms with Gasteiger partial charge in [-0.05, 0) is 49.9 Å². The van der Waals surface area contributed by atoms with E-state index in [1.807, 2.05) is 26.8 Å². The van der Waals surface area contributed by atoms with Crippen molar-refractivity contribution in [3.8, 4) is 5.75 Å². The number of ketones is 1. The van der Waals surface area contributed by atoms with Crippen LogP contribution in [0.2, 0.25) is 0 Å². The summed E-state index contributed by atoms with van der Waals surface area (Å²) in [7, 11) is 0. The van der Waals surface area contributed by atoms with Gasteiger partial charge in [-0.3, -0.25) is 4.79 Å². The Morgan fingerprint density at radius 3 is 1.67 bits per heavy atom. The second-order valence-corrected chi connectivity index (χ2v) is 8.26. The molecule has 2 nitrogen and oxygen atoms in total. The van der Waals surface area contributed by atoms with Gasteiger partial charge in [0.15, 0.2) is 5.78 Å². The molecule has 0 amide bonds. The van der Waals surface area contributed by atoms with Crippen LogP contribution in [0.5, 0.6) is 5.75 Å². The number of rotatable bonds is 15. The summed E-state index contributed by atoms with van der Waals surface area (Å²) in [4.78, 5) is 12.5. The van der Waals surface area contributed by atoms with Gasteiger partial charge >= 0.3 is 0 Å². The number of hydrogen-bond donors (Lipinski definition) is 1. The average molecular weight is 375 g/mol. The van der Waals surface area contributed by atoms with Gasteiger partial charge < -0.3 is 5.11 Å². The van der Waals surface area contributed by atoms with Crippen molar-refractivity contribution in [2.75, 3.05) is 0 Å². The maximum Gasteiger partial charge on any atom is 0.163 e. The van der Waals surface area contributed by atoms with E-state index in [0.29, 0.717) is 12.2 Å². The van der Waals surface area contributed by atoms with Crippen LogP contribution in [-0.4, -0.2) is 10.9 Å². The number of aryl methyl sites for hydroxylation is 1. The molecule has 0 fully saturated rings. The average Bonchev–Trinajstić information content (AvgIpc) is 2.66. The predicted octanol–water partition coefficient (Wildman–Crippen LogP) is 7.98. The molecule has 1 aromatic carbocycles. The lowest BCUT2D eigenvalue weighted by Gasteiger charge is -2.12. The molecule has 1 rings (SSSR count). The van der Waals surface area contributed by atoms with Gasteiger partial charge in [0.1, 0.15) is 5.75 Å². The highest BCUT2D eigenvalue weighted by atomic mass is 16.3. The van der Waals surface area contributed by atoms with Gasteiger partial charge in [-0.15, -0.1) is 0 Å². The summed E-state index contributed by atoms with van der Waals surface area (Å²) in [6.07, 6.45) is 17.8. The number of unbranched alkanes of at least 4 members (excludes halogenated alkanes) is 12. The topological polar surface area (TPSA) is 37.3 Å². The molecule has 0 aliphatic rings. The number of hydrogen-bond acceptors (Lipinski definition) is 2. The molecule has 0 aromatic heterocycles. The lowest BCUT2D eigenvalue weighted by molar-refractivity contribution is 0.0978. The number of aromatic hydroxyl groups is 1. The molecule has 0 saturated carbocycles. The highest BCUT2D eigenvalue weighted by Gasteiger charge is 2.14. The van der Waals surface area contributed by atoms with Crippen LogP contribution in [0.15, 0.2) is 6.07 Å². The third-order valence-corrected chi connectivity index (χ3v) is 5.86. The molecule has 1 aromatic rings. The maximum absolute atomic E-state index is 12.5. The number of benzene rings is 1. The number of carbonyl (C=O) groups is 1. The van der Waals surface area contributed by atoms with E-state index in [-0.39, 0.29) is 5.78 Å². The van der Waals surface area contributed by atoms with Crippen LogP contribution in [-0.2, 0) is 0 Å². The summed E-state index contributed by atoms with van der Waals surface area (Å²) < 4.78 is 0. The summed E-state index contributed by atoms with van der Waals surface area (Å²) in [6, 6.07) is 1.85. The molecule has 0 aliphatic carbocycles. The lowest BCUT2D eigenvalue weighted by Crippen LogP contribution is -2.04. The van der Waals surface area contributed by atoms with Crippen LogP contribution >= 0.6 is 0 Å². The number of phenols is 1. The van der Waals surface area contributed by atoms with Crippen molar-refractivity contribution in [1.82, 2.24) is 0 Å². The van der Waals surface area contributed by atoms with Crippen molar-refractivity contribution in [3.63, 3.8) is 0 Å². The first-order valence-corrected chi connectivity index (χ1v) is 11.3. The Kier molecular flexibility index (Phi) is 12.1. The molecule has 0 bridgehead atoms. The Morgan fingerprint density at radius 2 is 1.19 bits per heavy atom. The van der Waals surface area contributed by atoms with E-state index < -0.39 is 0 Å². The van der Waals surface area contributed by atoms with E-state index >= 15 is 0 Å². The Bertz CT molecular complexity index is 560. The Labute approximate surface area is 167 Å². The van der Waals surface area contributed by atoms with Crippen LogP contribution < -0.4 is 0 Å². The molecule has 0 saturated heterocycles. The largest absolute Gasteiger partial charge is 0.507 e. The molecular formula is C25H42O2. The second kappa shape index (κ2) is 13.8. The van der Waals surface area contributed by atoms with Crippen molar-refractivity contribution in [1.29, 1.82) is 0 Å². The van der Waals surface area contributed by atoms with Gasteiger partial charge in [-0.25, -0.2) is 0 Å². The molecule has 2 heteroatoms. The molecular weight excluding hydrogens is 332 g/mol. The molecule has 0 radical (unpaired) electrons. The smallest absolute Gasteiger partial charge is 0.163 e. The molecule has 154 valence electrons. The normalized spacial score (nSPS) is 11.1. The number of Topliss-reactive ketones (excluding diaryl/α,β-unsaturated/α-hetero) is 1. The fourth-order valence-corrected chi connectivity index (χ4v) is 3.80. The van der Waals surface area contributed by atoms with Crippen molar-refractivity contribution in [3.05, 3.63) is 28.3 Å². The molecule has 0 unspecified atom stereocenters. The van der Waals surface area contributed by atoms with Gasteiger partial charge in [-0.2, -0.15) is 0 Å². The first-order chi connectivity index (χ1) is 13.0. The maximum atomic E-state index is 12.5. The fraction of sp³-hybridized carbons (Fsp3) is 0.720. The van der Waals surface area contributed by atoms with E-state index in [0.717, 1.165) is 35.1 Å². The minimum atomic E-state index is 0.224. The fourth-order valence-electron chi connectivity index (χ4n) is 3.80. The first kappa shape index (κ1) is 23.7. The van der Waals surface area contributed by atoms with Gasteiger partial charge in [0.25, 0.3) is 0 Å². The van der Waals surface area contributed by atoms with Crippen molar-refractivity contribution >= 4 is 5.78 Å². The summed E-state index contributed by atoms with van der Waals surface area (Å²) in [5.74, 6) is 0.548. The molecule has 0 atom stereocenters. The van der Waals surface area contributed by atoms with E-state index in [1.165, 1.54) is 70.6 Å². The van der Waals surface area contributed by atoms with Crippen molar-refractivity contribution in [2.24, 2.45) is 0 Å². The molecule has 0 spiro atoms. The Balaban J connectivity index is 2.08. The van der Waals surface area contributed by atoms with Gasteiger partial charge in [0, 0.05) is 12.0 Å². The number of phenolic OH excluding ortho intramolecular Hbond substituents is 1. The van der Waals surface area contributed by atoms with Gasteiger partial charge in [0.2, 0.25) is 0 Å². The minimum Gasteiger partial charge on any atom is -0.507 e. The third-order valence-electron chi connectivity index (χ3n) is 5.86. The van der Waals surface area contributed by atoms with Crippen molar-refractivity contribution < 1.29 is 9.90 Å². The summed E-state index contributed by atoms with van der Waals surface area (Å²) >= 11 is 0. The van der Waals surface area contributed by atoms with E-state index in [2.05, 4.69) is 6.92 Å². The predicted molar refractivity (Wildman–Crippen MR) is 117 cm³/mol. The van der Waals surface area contributed by atoms with Crippen LogP contribution in [0, 0.1) is 20.8 Å². The standard InChI is InChI=1S/C25H42O2/c1-5-6-7-8-9-10-11-12-13-14-15-16-17-18-24(26)23-19-20(2)25(27)22(4)21(23)3/h19,27H,5-18H2,1-4H3. The Morgan fingerprint density at radius 1 is 0.741 bits per heavy atom. The first-order valence-electron chi connectivity index (χ1n) is 11.3. The molecule has 1 N–H and O–H groups in total. The zero-order chi connectivity index (χ0) is 20.1. The monoisotopic (exact) mass is 374 g/mol. The molecule has 27 heavy (non-hydrogen) atoms. The summed E-state index contributed by atoms with van der Waals surface area (Å²) in [5, 5.41) is 9.98.